The van der Waals surface area contributed by atoms with Gasteiger partial charge in [0, 0.05) is 17.7 Å². The van der Waals surface area contributed by atoms with Gasteiger partial charge in [0.05, 0.1) is 16.9 Å². The Balaban J connectivity index is 1.94. The van der Waals surface area contributed by atoms with Crippen LogP contribution < -0.4 is 5.32 Å². The number of rotatable bonds is 2. The summed E-state index contributed by atoms with van der Waals surface area (Å²) in [5.74, 6) is 0.649. The number of fused-ring (bicyclic) bond motifs is 1. The van der Waals surface area contributed by atoms with Crippen molar-refractivity contribution < 1.29 is 13.2 Å². The Bertz CT molecular complexity index is 966. The van der Waals surface area contributed by atoms with E-state index in [4.69, 9.17) is 0 Å². The van der Waals surface area contributed by atoms with Gasteiger partial charge in [0.1, 0.15) is 5.82 Å². The summed E-state index contributed by atoms with van der Waals surface area (Å²) in [7, 11) is 0. The van der Waals surface area contributed by atoms with Crippen LogP contribution in [-0.2, 0) is 12.6 Å². The fourth-order valence-electron chi connectivity index (χ4n) is 3.59. The Hall–Kier alpha value is -2.76. The highest BCUT2D eigenvalue weighted by Gasteiger charge is 2.35. The second kappa shape index (κ2) is 5.90. The fraction of sp³-hybridized carbons (Fsp3) is 0.250. The molecule has 0 unspecified atom stereocenters. The van der Waals surface area contributed by atoms with Crippen LogP contribution >= 0.6 is 0 Å². The van der Waals surface area contributed by atoms with E-state index in [1.807, 2.05) is 26.0 Å². The van der Waals surface area contributed by atoms with Gasteiger partial charge in [-0.3, -0.25) is 0 Å². The summed E-state index contributed by atoms with van der Waals surface area (Å²) in [6.07, 6.45) is -3.69. The maximum absolute atomic E-state index is 13.5. The third kappa shape index (κ3) is 2.75. The molecule has 0 spiro atoms. The summed E-state index contributed by atoms with van der Waals surface area (Å²) < 4.78 is 41.8. The summed E-state index contributed by atoms with van der Waals surface area (Å²) in [6, 6.07) is 11.7. The molecule has 0 amide bonds. The van der Waals surface area contributed by atoms with Crippen LogP contribution in [-0.4, -0.2) is 16.3 Å². The van der Waals surface area contributed by atoms with Gasteiger partial charge < -0.3 is 5.32 Å². The van der Waals surface area contributed by atoms with Crippen molar-refractivity contribution in [3.8, 4) is 16.9 Å². The highest BCUT2D eigenvalue weighted by atomic mass is 19.4. The number of hydrogen-bond acceptors (Lipinski definition) is 2. The van der Waals surface area contributed by atoms with Gasteiger partial charge in [-0.2, -0.15) is 18.3 Å². The molecule has 3 aromatic rings. The first-order valence-corrected chi connectivity index (χ1v) is 8.45. The number of nitrogens with zero attached hydrogens (tertiary/aromatic N) is 2. The molecule has 0 saturated heterocycles. The molecule has 0 fully saturated rings. The van der Waals surface area contributed by atoms with Crippen molar-refractivity contribution in [2.45, 2.75) is 26.4 Å². The van der Waals surface area contributed by atoms with E-state index in [1.54, 1.807) is 6.07 Å². The van der Waals surface area contributed by atoms with Gasteiger partial charge >= 0.3 is 6.18 Å². The Morgan fingerprint density at radius 3 is 2.42 bits per heavy atom. The van der Waals surface area contributed by atoms with E-state index in [0.717, 1.165) is 40.4 Å². The van der Waals surface area contributed by atoms with E-state index >= 15 is 0 Å². The number of benzene rings is 2. The van der Waals surface area contributed by atoms with Crippen LogP contribution in [0.3, 0.4) is 0 Å². The van der Waals surface area contributed by atoms with Crippen LogP contribution in [0, 0.1) is 13.8 Å². The average Bonchev–Trinajstić information content (AvgIpc) is 3.15. The topological polar surface area (TPSA) is 29.9 Å². The van der Waals surface area contributed by atoms with Gasteiger partial charge in [-0.25, -0.2) is 4.68 Å². The zero-order chi connectivity index (χ0) is 18.5. The molecule has 0 bridgehead atoms. The first-order valence-electron chi connectivity index (χ1n) is 8.45. The zero-order valence-corrected chi connectivity index (χ0v) is 14.5. The van der Waals surface area contributed by atoms with Crippen molar-refractivity contribution in [1.29, 1.82) is 0 Å². The first kappa shape index (κ1) is 16.7. The lowest BCUT2D eigenvalue weighted by molar-refractivity contribution is -0.137. The molecule has 6 heteroatoms. The molecule has 0 radical (unpaired) electrons. The van der Waals surface area contributed by atoms with Crippen LogP contribution in [0.2, 0.25) is 0 Å². The quantitative estimate of drug-likeness (QED) is 0.688. The molecule has 1 aliphatic rings. The van der Waals surface area contributed by atoms with Crippen molar-refractivity contribution in [1.82, 2.24) is 9.78 Å². The third-order valence-corrected chi connectivity index (χ3v) is 4.58. The summed E-state index contributed by atoms with van der Waals surface area (Å²) >= 11 is 0. The van der Waals surface area contributed by atoms with E-state index in [0.29, 0.717) is 12.4 Å². The van der Waals surface area contributed by atoms with Crippen LogP contribution in [0.5, 0.6) is 0 Å². The summed E-state index contributed by atoms with van der Waals surface area (Å²) in [5, 5.41) is 7.78. The third-order valence-electron chi connectivity index (χ3n) is 4.58. The fourth-order valence-corrected chi connectivity index (χ4v) is 3.59. The lowest BCUT2D eigenvalue weighted by Crippen LogP contribution is -2.13. The monoisotopic (exact) mass is 357 g/mol. The van der Waals surface area contributed by atoms with Gasteiger partial charge in [-0.05, 0) is 44.5 Å². The van der Waals surface area contributed by atoms with Gasteiger partial charge in [-0.15, -0.1) is 0 Å². The molecule has 3 nitrogen and oxygen atoms in total. The molecular formula is C20H18F3N3. The largest absolute Gasteiger partial charge is 0.418 e. The number of halogens is 3. The Kier molecular flexibility index (Phi) is 3.79. The molecule has 2 aromatic carbocycles. The summed E-state index contributed by atoms with van der Waals surface area (Å²) in [5.41, 5.74) is 4.20. The number of hydrogen-bond donors (Lipinski definition) is 1. The maximum atomic E-state index is 13.5. The minimum atomic E-state index is -4.44. The second-order valence-electron chi connectivity index (χ2n) is 6.66. The molecule has 26 heavy (non-hydrogen) atoms. The zero-order valence-electron chi connectivity index (χ0n) is 14.5. The van der Waals surface area contributed by atoms with Crippen molar-refractivity contribution in [3.05, 3.63) is 64.7 Å². The Morgan fingerprint density at radius 2 is 1.73 bits per heavy atom. The van der Waals surface area contributed by atoms with E-state index in [2.05, 4.69) is 16.5 Å². The molecule has 0 saturated carbocycles. The minimum absolute atomic E-state index is 0.0428. The molecule has 134 valence electrons. The SMILES string of the molecule is Cc1cc(C)cc(-c2nn(-c3ccccc3C(F)(F)F)c3c2CCN3)c1. The molecule has 1 N–H and O–H groups in total. The number of para-hydroxylation sites is 1. The molecule has 2 heterocycles. The summed E-state index contributed by atoms with van der Waals surface area (Å²) in [6.45, 7) is 4.70. The van der Waals surface area contributed by atoms with Crippen LogP contribution in [0.25, 0.3) is 16.9 Å². The van der Waals surface area contributed by atoms with Crippen LogP contribution in [0.4, 0.5) is 19.0 Å². The molecule has 0 atom stereocenters. The Labute approximate surface area is 149 Å². The number of alkyl halides is 3. The number of anilines is 1. The highest BCUT2D eigenvalue weighted by Crippen LogP contribution is 2.39. The van der Waals surface area contributed by atoms with E-state index in [1.165, 1.54) is 16.8 Å². The molecule has 4 rings (SSSR count). The normalized spacial score (nSPS) is 13.6. The molecular weight excluding hydrogens is 339 g/mol. The van der Waals surface area contributed by atoms with E-state index in [-0.39, 0.29) is 5.69 Å². The smallest absolute Gasteiger partial charge is 0.369 e. The average molecular weight is 357 g/mol. The van der Waals surface area contributed by atoms with Gasteiger partial charge in [-0.1, -0.05) is 29.3 Å². The second-order valence-corrected chi connectivity index (χ2v) is 6.66. The minimum Gasteiger partial charge on any atom is -0.369 e. The highest BCUT2D eigenvalue weighted by molar-refractivity contribution is 5.74. The molecule has 1 aromatic heterocycles. The van der Waals surface area contributed by atoms with Crippen LogP contribution in [0.1, 0.15) is 22.3 Å². The standard InChI is InChI=1S/C20H18F3N3/c1-12-9-13(2)11-14(10-12)18-15-7-8-24-19(15)26(25-18)17-6-4-3-5-16(17)20(21,22)23/h3-6,9-11,24H,7-8H2,1-2H3. The lowest BCUT2D eigenvalue weighted by atomic mass is 10.0. The number of aryl methyl sites for hydroxylation is 2. The maximum Gasteiger partial charge on any atom is 0.418 e. The summed E-state index contributed by atoms with van der Waals surface area (Å²) in [4.78, 5) is 0. The van der Waals surface area contributed by atoms with E-state index in [9.17, 15) is 13.2 Å². The van der Waals surface area contributed by atoms with Gasteiger partial charge in [0.2, 0.25) is 0 Å². The number of aromatic nitrogens is 2. The van der Waals surface area contributed by atoms with Gasteiger partial charge in [0.15, 0.2) is 0 Å². The van der Waals surface area contributed by atoms with Crippen molar-refractivity contribution in [3.63, 3.8) is 0 Å². The van der Waals surface area contributed by atoms with Crippen molar-refractivity contribution >= 4 is 5.82 Å². The first-order chi connectivity index (χ1) is 12.3. The van der Waals surface area contributed by atoms with E-state index < -0.39 is 11.7 Å². The van der Waals surface area contributed by atoms with Crippen molar-refractivity contribution in [2.75, 3.05) is 11.9 Å². The number of nitrogens with one attached hydrogen (secondary N) is 1. The predicted octanol–water partition coefficient (Wildman–Crippen LogP) is 5.14. The Morgan fingerprint density at radius 1 is 1.04 bits per heavy atom. The predicted molar refractivity (Wildman–Crippen MR) is 95.7 cm³/mol. The molecule has 0 aliphatic carbocycles. The molecule has 1 aliphatic heterocycles. The lowest BCUT2D eigenvalue weighted by Gasteiger charge is -2.14. The van der Waals surface area contributed by atoms with Crippen molar-refractivity contribution in [2.24, 2.45) is 0 Å². The van der Waals surface area contributed by atoms with Gasteiger partial charge in [0.25, 0.3) is 0 Å². The van der Waals surface area contributed by atoms with Crippen LogP contribution in [0.15, 0.2) is 42.5 Å².